The molecular formula is C9H17NO3. The Morgan fingerprint density at radius 2 is 2.00 bits per heavy atom. The molecule has 0 saturated carbocycles. The van der Waals surface area contributed by atoms with Crippen LogP contribution < -0.4 is 5.32 Å². The van der Waals surface area contributed by atoms with Gasteiger partial charge in [-0.1, -0.05) is 20.3 Å². The number of hydrogen-bond donors (Lipinski definition) is 2. The molecule has 4 heteroatoms. The lowest BCUT2D eigenvalue weighted by atomic mass is 10.2. The summed E-state index contributed by atoms with van der Waals surface area (Å²) in [6, 6.07) is -0.732. The first-order chi connectivity index (χ1) is 6.11. The summed E-state index contributed by atoms with van der Waals surface area (Å²) in [6.07, 6.45) is 2.59. The Morgan fingerprint density at radius 1 is 1.38 bits per heavy atom. The van der Waals surface area contributed by atoms with Crippen molar-refractivity contribution >= 4 is 11.9 Å². The van der Waals surface area contributed by atoms with Crippen molar-refractivity contribution in [1.29, 1.82) is 0 Å². The van der Waals surface area contributed by atoms with Crippen molar-refractivity contribution in [2.45, 2.75) is 45.6 Å². The molecule has 4 nitrogen and oxygen atoms in total. The summed E-state index contributed by atoms with van der Waals surface area (Å²) in [5, 5.41) is 11.1. The van der Waals surface area contributed by atoms with Gasteiger partial charge in [-0.15, -0.1) is 0 Å². The van der Waals surface area contributed by atoms with E-state index >= 15 is 0 Å². The van der Waals surface area contributed by atoms with Crippen molar-refractivity contribution in [2.24, 2.45) is 0 Å². The molecule has 2 N–H and O–H groups in total. The number of aliphatic carboxylic acids is 1. The first kappa shape index (κ1) is 11.9. The van der Waals surface area contributed by atoms with E-state index in [2.05, 4.69) is 5.32 Å². The van der Waals surface area contributed by atoms with Crippen LogP contribution in [-0.2, 0) is 9.59 Å². The van der Waals surface area contributed by atoms with Crippen molar-refractivity contribution in [3.63, 3.8) is 0 Å². The first-order valence-electron chi connectivity index (χ1n) is 4.64. The second-order valence-corrected chi connectivity index (χ2v) is 2.97. The smallest absolute Gasteiger partial charge is 0.326 e. The molecule has 0 rings (SSSR count). The maximum atomic E-state index is 11.1. The molecule has 0 fully saturated rings. The van der Waals surface area contributed by atoms with Gasteiger partial charge in [0.25, 0.3) is 0 Å². The van der Waals surface area contributed by atoms with Crippen molar-refractivity contribution < 1.29 is 14.7 Å². The number of rotatable bonds is 6. The molecule has 0 aliphatic carbocycles. The summed E-state index contributed by atoms with van der Waals surface area (Å²) in [4.78, 5) is 21.6. The van der Waals surface area contributed by atoms with E-state index < -0.39 is 12.0 Å². The normalized spacial score (nSPS) is 12.2. The van der Waals surface area contributed by atoms with E-state index in [4.69, 9.17) is 5.11 Å². The Balaban J connectivity index is 3.80. The Hall–Kier alpha value is -1.06. The van der Waals surface area contributed by atoms with Gasteiger partial charge >= 0.3 is 5.97 Å². The number of hydrogen-bond acceptors (Lipinski definition) is 2. The molecular weight excluding hydrogens is 170 g/mol. The van der Waals surface area contributed by atoms with E-state index in [1.165, 1.54) is 0 Å². The monoisotopic (exact) mass is 187 g/mol. The fourth-order valence-electron chi connectivity index (χ4n) is 0.942. The Bertz CT molecular complexity index is 180. The van der Waals surface area contributed by atoms with Crippen molar-refractivity contribution in [2.75, 3.05) is 0 Å². The van der Waals surface area contributed by atoms with E-state index in [9.17, 15) is 9.59 Å². The molecule has 76 valence electrons. The molecule has 0 aliphatic heterocycles. The third-order valence-corrected chi connectivity index (χ3v) is 1.80. The molecule has 0 spiro atoms. The fraction of sp³-hybridized carbons (Fsp3) is 0.778. The largest absolute Gasteiger partial charge is 0.480 e. The van der Waals surface area contributed by atoms with Crippen LogP contribution in [0.15, 0.2) is 0 Å². The fourth-order valence-corrected chi connectivity index (χ4v) is 0.942. The Kier molecular flexibility index (Phi) is 5.93. The minimum Gasteiger partial charge on any atom is -0.480 e. The van der Waals surface area contributed by atoms with E-state index in [1.54, 1.807) is 6.92 Å². The van der Waals surface area contributed by atoms with E-state index in [-0.39, 0.29) is 5.91 Å². The number of amides is 1. The first-order valence-corrected chi connectivity index (χ1v) is 4.64. The van der Waals surface area contributed by atoms with Gasteiger partial charge in [0.1, 0.15) is 6.04 Å². The topological polar surface area (TPSA) is 66.4 Å². The van der Waals surface area contributed by atoms with Crippen LogP contribution in [0.25, 0.3) is 0 Å². The van der Waals surface area contributed by atoms with Gasteiger partial charge in [-0.05, 0) is 12.8 Å². The zero-order chi connectivity index (χ0) is 10.3. The van der Waals surface area contributed by atoms with Gasteiger partial charge in [0.15, 0.2) is 0 Å². The summed E-state index contributed by atoms with van der Waals surface area (Å²) < 4.78 is 0. The maximum absolute atomic E-state index is 11.1. The van der Waals surface area contributed by atoms with Crippen LogP contribution in [0.1, 0.15) is 39.5 Å². The highest BCUT2D eigenvalue weighted by Gasteiger charge is 2.16. The number of carboxylic acid groups (broad SMARTS) is 1. The number of nitrogens with one attached hydrogen (secondary N) is 1. The van der Waals surface area contributed by atoms with Gasteiger partial charge in [0, 0.05) is 6.42 Å². The zero-order valence-corrected chi connectivity index (χ0v) is 8.17. The van der Waals surface area contributed by atoms with Gasteiger partial charge in [-0.3, -0.25) is 4.79 Å². The highest BCUT2D eigenvalue weighted by atomic mass is 16.4. The van der Waals surface area contributed by atoms with E-state index in [1.807, 2.05) is 6.92 Å². The molecule has 0 aromatic heterocycles. The number of carbonyl (C=O) groups excluding carboxylic acids is 1. The number of carbonyl (C=O) groups is 2. The third-order valence-electron chi connectivity index (χ3n) is 1.80. The molecule has 0 radical (unpaired) electrons. The molecule has 1 atom stereocenters. The second-order valence-electron chi connectivity index (χ2n) is 2.97. The maximum Gasteiger partial charge on any atom is 0.326 e. The van der Waals surface area contributed by atoms with Crippen molar-refractivity contribution in [1.82, 2.24) is 5.32 Å². The van der Waals surface area contributed by atoms with Gasteiger partial charge in [-0.25, -0.2) is 4.79 Å². The molecule has 1 amide bonds. The molecule has 0 aromatic carbocycles. The molecule has 0 unspecified atom stereocenters. The second kappa shape index (κ2) is 6.46. The highest BCUT2D eigenvalue weighted by Crippen LogP contribution is 1.96. The third kappa shape index (κ3) is 5.22. The standard InChI is InChI=1S/C9H17NO3/c1-3-5-6-8(11)10-7(4-2)9(12)13/h7H,3-6H2,1-2H3,(H,10,11)(H,12,13)/t7-/m0/s1. The van der Waals surface area contributed by atoms with Gasteiger partial charge in [0.05, 0.1) is 0 Å². The summed E-state index contributed by atoms with van der Waals surface area (Å²) in [5.74, 6) is -1.14. The van der Waals surface area contributed by atoms with Crippen molar-refractivity contribution in [3.05, 3.63) is 0 Å². The summed E-state index contributed by atoms with van der Waals surface area (Å²) in [7, 11) is 0. The van der Waals surface area contributed by atoms with Gasteiger partial charge in [0.2, 0.25) is 5.91 Å². The predicted molar refractivity (Wildman–Crippen MR) is 49.4 cm³/mol. The lowest BCUT2D eigenvalue weighted by molar-refractivity contribution is -0.141. The van der Waals surface area contributed by atoms with Crippen LogP contribution in [0.2, 0.25) is 0 Å². The van der Waals surface area contributed by atoms with E-state index in [0.29, 0.717) is 12.8 Å². The van der Waals surface area contributed by atoms with Crippen LogP contribution in [0, 0.1) is 0 Å². The molecule has 0 heterocycles. The van der Waals surface area contributed by atoms with Crippen LogP contribution in [-0.4, -0.2) is 23.0 Å². The quantitative estimate of drug-likeness (QED) is 0.655. The number of unbranched alkanes of at least 4 members (excludes halogenated alkanes) is 1. The Morgan fingerprint density at radius 3 is 2.38 bits per heavy atom. The van der Waals surface area contributed by atoms with E-state index in [0.717, 1.165) is 12.8 Å². The van der Waals surface area contributed by atoms with Crippen LogP contribution >= 0.6 is 0 Å². The molecule has 0 aromatic rings. The lowest BCUT2D eigenvalue weighted by Crippen LogP contribution is -2.40. The molecule has 0 bridgehead atoms. The van der Waals surface area contributed by atoms with Crippen LogP contribution in [0.5, 0.6) is 0 Å². The molecule has 13 heavy (non-hydrogen) atoms. The molecule has 0 saturated heterocycles. The highest BCUT2D eigenvalue weighted by molar-refractivity contribution is 5.83. The SMILES string of the molecule is CCCCC(=O)N[C@@H](CC)C(=O)O. The average molecular weight is 187 g/mol. The van der Waals surface area contributed by atoms with Crippen LogP contribution in [0.3, 0.4) is 0 Å². The summed E-state index contributed by atoms with van der Waals surface area (Å²) >= 11 is 0. The minimum atomic E-state index is -0.965. The zero-order valence-electron chi connectivity index (χ0n) is 8.17. The van der Waals surface area contributed by atoms with Crippen molar-refractivity contribution in [3.8, 4) is 0 Å². The van der Waals surface area contributed by atoms with Gasteiger partial charge < -0.3 is 10.4 Å². The molecule has 0 aliphatic rings. The van der Waals surface area contributed by atoms with Gasteiger partial charge in [-0.2, -0.15) is 0 Å². The summed E-state index contributed by atoms with van der Waals surface area (Å²) in [5.41, 5.74) is 0. The predicted octanol–water partition coefficient (Wildman–Crippen LogP) is 1.16. The Labute approximate surface area is 78.3 Å². The summed E-state index contributed by atoms with van der Waals surface area (Å²) in [6.45, 7) is 3.72. The van der Waals surface area contributed by atoms with Crippen LogP contribution in [0.4, 0.5) is 0 Å². The lowest BCUT2D eigenvalue weighted by Gasteiger charge is -2.11. The number of carboxylic acids is 1. The minimum absolute atomic E-state index is 0.170. The average Bonchev–Trinajstić information content (AvgIpc) is 2.10.